The van der Waals surface area contributed by atoms with E-state index in [1.54, 1.807) is 6.20 Å². The summed E-state index contributed by atoms with van der Waals surface area (Å²) in [7, 11) is 0. The first-order valence-electron chi connectivity index (χ1n) is 12.4. The average Bonchev–Trinajstić information content (AvgIpc) is 3.27. The van der Waals surface area contributed by atoms with Crippen LogP contribution in [0.5, 0.6) is 0 Å². The predicted octanol–water partition coefficient (Wildman–Crippen LogP) is 3.28. The lowest BCUT2D eigenvalue weighted by molar-refractivity contribution is 0.0374. The van der Waals surface area contributed by atoms with Gasteiger partial charge in [-0.3, -0.25) is 9.69 Å². The van der Waals surface area contributed by atoms with E-state index < -0.39 is 0 Å². The number of nitrogens with one attached hydrogen (secondary N) is 2. The number of morpholine rings is 1. The third kappa shape index (κ3) is 5.41. The van der Waals surface area contributed by atoms with Crippen molar-refractivity contribution in [2.24, 2.45) is 5.92 Å². The highest BCUT2D eigenvalue weighted by Gasteiger charge is 2.24. The van der Waals surface area contributed by atoms with Crippen LogP contribution >= 0.6 is 0 Å². The Balaban J connectivity index is 1.46. The number of anilines is 1. The van der Waals surface area contributed by atoms with Gasteiger partial charge in [0, 0.05) is 38.4 Å². The summed E-state index contributed by atoms with van der Waals surface area (Å²) in [4.78, 5) is 20.1. The summed E-state index contributed by atoms with van der Waals surface area (Å²) < 4.78 is 7.29. The van der Waals surface area contributed by atoms with Crippen LogP contribution in [-0.4, -0.2) is 71.0 Å². The fourth-order valence-electron chi connectivity index (χ4n) is 4.99. The second kappa shape index (κ2) is 11.1. The standard InChI is InChI=1S/C24H38N6O2/c1-3-30-23-20(17-27-30)22(28-18(2)19-8-5-4-6-9-19)21(16-26-23)24(31)25-10-7-11-29-12-14-32-15-13-29/h16-19H,3-15H2,1-2H3,(H,25,31)(H,26,28). The van der Waals surface area contributed by atoms with Crippen molar-refractivity contribution in [3.8, 4) is 0 Å². The van der Waals surface area contributed by atoms with Crippen LogP contribution in [0.4, 0.5) is 5.69 Å². The van der Waals surface area contributed by atoms with Crippen LogP contribution < -0.4 is 10.6 Å². The molecule has 32 heavy (non-hydrogen) atoms. The quantitative estimate of drug-likeness (QED) is 0.580. The van der Waals surface area contributed by atoms with Gasteiger partial charge >= 0.3 is 0 Å². The highest BCUT2D eigenvalue weighted by Crippen LogP contribution is 2.32. The van der Waals surface area contributed by atoms with E-state index in [0.717, 1.165) is 62.5 Å². The second-order valence-electron chi connectivity index (χ2n) is 9.14. The Kier molecular flexibility index (Phi) is 7.97. The SMILES string of the molecule is CCn1ncc2c(NC(C)C3CCCCC3)c(C(=O)NCCCN3CCOCC3)cnc21. The van der Waals surface area contributed by atoms with Gasteiger partial charge in [-0.15, -0.1) is 0 Å². The molecule has 0 bridgehead atoms. The number of hydrogen-bond donors (Lipinski definition) is 2. The highest BCUT2D eigenvalue weighted by atomic mass is 16.5. The van der Waals surface area contributed by atoms with Crippen molar-refractivity contribution >= 4 is 22.6 Å². The topological polar surface area (TPSA) is 84.3 Å². The molecule has 1 aliphatic carbocycles. The van der Waals surface area contributed by atoms with Crippen molar-refractivity contribution in [2.45, 2.75) is 65.0 Å². The number of aromatic nitrogens is 3. The van der Waals surface area contributed by atoms with Gasteiger partial charge in [-0.1, -0.05) is 19.3 Å². The maximum atomic E-state index is 13.1. The summed E-state index contributed by atoms with van der Waals surface area (Å²) in [6, 6.07) is 0.304. The summed E-state index contributed by atoms with van der Waals surface area (Å²) in [6.07, 6.45) is 10.9. The van der Waals surface area contributed by atoms with Crippen molar-refractivity contribution in [1.82, 2.24) is 25.0 Å². The molecular formula is C24H38N6O2. The van der Waals surface area contributed by atoms with E-state index in [1.165, 1.54) is 32.1 Å². The van der Waals surface area contributed by atoms with E-state index in [0.29, 0.717) is 24.1 Å². The number of carbonyl (C=O) groups excluding carboxylic acids is 1. The molecule has 1 saturated carbocycles. The van der Waals surface area contributed by atoms with Crippen molar-refractivity contribution in [3.63, 3.8) is 0 Å². The molecule has 0 spiro atoms. The number of nitrogens with zero attached hydrogens (tertiary/aromatic N) is 4. The van der Waals surface area contributed by atoms with Crippen LogP contribution in [0, 0.1) is 5.92 Å². The third-order valence-electron chi connectivity index (χ3n) is 6.98. The van der Waals surface area contributed by atoms with Crippen LogP contribution in [0.3, 0.4) is 0 Å². The largest absolute Gasteiger partial charge is 0.381 e. The van der Waals surface area contributed by atoms with Gasteiger partial charge < -0.3 is 15.4 Å². The lowest BCUT2D eigenvalue weighted by atomic mass is 9.84. The monoisotopic (exact) mass is 442 g/mol. The van der Waals surface area contributed by atoms with Crippen LogP contribution in [0.25, 0.3) is 11.0 Å². The van der Waals surface area contributed by atoms with E-state index in [1.807, 2.05) is 10.9 Å². The molecular weight excluding hydrogens is 404 g/mol. The molecule has 8 heteroatoms. The molecule has 2 aromatic rings. The van der Waals surface area contributed by atoms with E-state index in [4.69, 9.17) is 4.74 Å². The van der Waals surface area contributed by atoms with Crippen molar-refractivity contribution in [3.05, 3.63) is 18.0 Å². The first kappa shape index (κ1) is 23.0. The molecule has 2 aliphatic rings. The number of hydrogen-bond acceptors (Lipinski definition) is 6. The summed E-state index contributed by atoms with van der Waals surface area (Å²) in [6.45, 7) is 10.2. The number of ether oxygens (including phenoxy) is 1. The van der Waals surface area contributed by atoms with Crippen LogP contribution in [0.15, 0.2) is 12.4 Å². The molecule has 8 nitrogen and oxygen atoms in total. The summed E-state index contributed by atoms with van der Waals surface area (Å²) in [5.41, 5.74) is 2.32. The van der Waals surface area contributed by atoms with Crippen molar-refractivity contribution < 1.29 is 9.53 Å². The first-order valence-corrected chi connectivity index (χ1v) is 12.4. The summed E-state index contributed by atoms with van der Waals surface area (Å²) in [5.74, 6) is 0.571. The van der Waals surface area contributed by atoms with Crippen LogP contribution in [0.1, 0.15) is 62.7 Å². The summed E-state index contributed by atoms with van der Waals surface area (Å²) >= 11 is 0. The number of carbonyl (C=O) groups is 1. The van der Waals surface area contributed by atoms with Crippen LogP contribution in [-0.2, 0) is 11.3 Å². The Hall–Kier alpha value is -2.19. The molecule has 2 aromatic heterocycles. The minimum absolute atomic E-state index is 0.0658. The number of aryl methyl sites for hydroxylation is 1. The molecule has 3 heterocycles. The Morgan fingerprint density at radius 2 is 2.00 bits per heavy atom. The molecule has 176 valence electrons. The highest BCUT2D eigenvalue weighted by molar-refractivity contribution is 6.06. The van der Waals surface area contributed by atoms with Gasteiger partial charge in [0.05, 0.1) is 36.0 Å². The zero-order chi connectivity index (χ0) is 22.3. The third-order valence-corrected chi connectivity index (χ3v) is 6.98. The lowest BCUT2D eigenvalue weighted by Crippen LogP contribution is -2.38. The van der Waals surface area contributed by atoms with E-state index in [2.05, 4.69) is 39.5 Å². The van der Waals surface area contributed by atoms with Crippen LogP contribution in [0.2, 0.25) is 0 Å². The zero-order valence-corrected chi connectivity index (χ0v) is 19.6. The number of fused-ring (bicyclic) bond motifs is 1. The fraction of sp³-hybridized carbons (Fsp3) is 0.708. The molecule has 2 fully saturated rings. The molecule has 1 unspecified atom stereocenters. The first-order chi connectivity index (χ1) is 15.7. The number of amides is 1. The molecule has 1 amide bonds. The maximum Gasteiger partial charge on any atom is 0.254 e. The average molecular weight is 443 g/mol. The normalized spacial score (nSPS) is 19.2. The van der Waals surface area contributed by atoms with Crippen molar-refractivity contribution in [1.29, 1.82) is 0 Å². The second-order valence-corrected chi connectivity index (χ2v) is 9.14. The minimum Gasteiger partial charge on any atom is -0.381 e. The van der Waals surface area contributed by atoms with Gasteiger partial charge in [0.15, 0.2) is 5.65 Å². The van der Waals surface area contributed by atoms with Gasteiger partial charge in [0.2, 0.25) is 0 Å². The number of pyridine rings is 1. The van der Waals surface area contributed by atoms with E-state index >= 15 is 0 Å². The maximum absolute atomic E-state index is 13.1. The Labute approximate surface area is 191 Å². The zero-order valence-electron chi connectivity index (χ0n) is 19.6. The van der Waals surface area contributed by atoms with Gasteiger partial charge in [-0.05, 0) is 45.6 Å². The Morgan fingerprint density at radius 1 is 1.22 bits per heavy atom. The summed E-state index contributed by atoms with van der Waals surface area (Å²) in [5, 5.41) is 12.2. The predicted molar refractivity (Wildman–Crippen MR) is 127 cm³/mol. The van der Waals surface area contributed by atoms with E-state index in [9.17, 15) is 4.79 Å². The molecule has 2 N–H and O–H groups in total. The Morgan fingerprint density at radius 3 is 2.75 bits per heavy atom. The van der Waals surface area contributed by atoms with Crippen molar-refractivity contribution in [2.75, 3.05) is 44.7 Å². The smallest absolute Gasteiger partial charge is 0.254 e. The molecule has 4 rings (SSSR count). The van der Waals surface area contributed by atoms with Gasteiger partial charge in [0.1, 0.15) is 0 Å². The molecule has 1 atom stereocenters. The minimum atomic E-state index is -0.0658. The van der Waals surface area contributed by atoms with Gasteiger partial charge in [-0.25, -0.2) is 9.67 Å². The fourth-order valence-corrected chi connectivity index (χ4v) is 4.99. The molecule has 1 aliphatic heterocycles. The molecule has 0 aromatic carbocycles. The Bertz CT molecular complexity index is 886. The molecule has 0 radical (unpaired) electrons. The van der Waals surface area contributed by atoms with E-state index in [-0.39, 0.29) is 5.91 Å². The molecule has 1 saturated heterocycles. The van der Waals surface area contributed by atoms with Gasteiger partial charge in [0.25, 0.3) is 5.91 Å². The van der Waals surface area contributed by atoms with Gasteiger partial charge in [-0.2, -0.15) is 5.10 Å². The lowest BCUT2D eigenvalue weighted by Gasteiger charge is -2.29. The number of rotatable bonds is 9.